The van der Waals surface area contributed by atoms with Crippen LogP contribution in [-0.2, 0) is 6.54 Å². The molecule has 0 radical (unpaired) electrons. The smallest absolute Gasteiger partial charge is 0.119 e. The second-order valence-corrected chi connectivity index (χ2v) is 5.90. The molecule has 1 heterocycles. The van der Waals surface area contributed by atoms with Gasteiger partial charge >= 0.3 is 0 Å². The first kappa shape index (κ1) is 19.1. The van der Waals surface area contributed by atoms with E-state index in [1.807, 2.05) is 71.7 Å². The molecule has 3 nitrogen and oxygen atoms in total. The highest BCUT2D eigenvalue weighted by Crippen LogP contribution is 2.16. The van der Waals surface area contributed by atoms with Gasteiger partial charge in [0.15, 0.2) is 0 Å². The summed E-state index contributed by atoms with van der Waals surface area (Å²) >= 11 is 5.99. The predicted octanol–water partition coefficient (Wildman–Crippen LogP) is 5.60. The molecule has 0 aliphatic rings. The quantitative estimate of drug-likeness (QED) is 0.397. The van der Waals surface area contributed by atoms with E-state index in [4.69, 9.17) is 16.3 Å². The molecule has 3 aromatic rings. The summed E-state index contributed by atoms with van der Waals surface area (Å²) in [6, 6.07) is 15.9. The molecule has 0 saturated carbocycles. The van der Waals surface area contributed by atoms with E-state index in [9.17, 15) is 0 Å². The first-order valence-corrected chi connectivity index (χ1v) is 8.30. The van der Waals surface area contributed by atoms with Crippen LogP contribution in [0.2, 0.25) is 5.02 Å². The number of ether oxygens (including phenoxy) is 1. The van der Waals surface area contributed by atoms with Gasteiger partial charge in [-0.25, -0.2) is 4.98 Å². The normalized spacial score (nSPS) is 10.6. The lowest BCUT2D eigenvalue weighted by molar-refractivity contribution is 0.302. The first-order chi connectivity index (χ1) is 11.8. The Kier molecular flexibility index (Phi) is 7.58. The van der Waals surface area contributed by atoms with Crippen molar-refractivity contribution in [2.45, 2.75) is 13.0 Å². The van der Waals surface area contributed by atoms with Crippen molar-refractivity contribution in [3.05, 3.63) is 83.4 Å². The monoisotopic (exact) mass is 374 g/mol. The maximum atomic E-state index is 5.99. The van der Waals surface area contributed by atoms with Crippen molar-refractivity contribution in [3.8, 4) is 5.75 Å². The number of benzene rings is 2. The van der Waals surface area contributed by atoms with E-state index in [0.29, 0.717) is 6.61 Å². The van der Waals surface area contributed by atoms with Crippen molar-refractivity contribution in [1.82, 2.24) is 9.55 Å². The summed E-state index contributed by atoms with van der Waals surface area (Å²) in [6.07, 6.45) is 10.6. The van der Waals surface area contributed by atoms with Gasteiger partial charge in [0, 0.05) is 24.0 Å². The number of hydrogen-bond acceptors (Lipinski definition) is 2. The van der Waals surface area contributed by atoms with Crippen LogP contribution in [0, 0.1) is 0 Å². The Morgan fingerprint density at radius 2 is 1.84 bits per heavy atom. The molecule has 0 fully saturated rings. The molecule has 0 saturated heterocycles. The minimum atomic E-state index is 0. The van der Waals surface area contributed by atoms with Crippen LogP contribution < -0.4 is 4.74 Å². The van der Waals surface area contributed by atoms with Crippen molar-refractivity contribution >= 4 is 36.2 Å². The summed E-state index contributed by atoms with van der Waals surface area (Å²) < 4.78 is 7.81. The van der Waals surface area contributed by atoms with Gasteiger partial charge in [0.05, 0.1) is 12.9 Å². The third kappa shape index (κ3) is 6.29. The third-order valence-corrected chi connectivity index (χ3v) is 3.82. The number of imidazole rings is 1. The lowest BCUT2D eigenvalue weighted by Gasteiger charge is -2.06. The average Bonchev–Trinajstić information content (AvgIpc) is 3.11. The van der Waals surface area contributed by atoms with Crippen molar-refractivity contribution < 1.29 is 4.74 Å². The van der Waals surface area contributed by atoms with Crippen molar-refractivity contribution in [2.75, 3.05) is 6.61 Å². The van der Waals surface area contributed by atoms with E-state index < -0.39 is 0 Å². The fourth-order valence-electron chi connectivity index (χ4n) is 2.33. The van der Waals surface area contributed by atoms with Crippen LogP contribution >= 0.6 is 24.0 Å². The largest absolute Gasteiger partial charge is 0.494 e. The van der Waals surface area contributed by atoms with Crippen molar-refractivity contribution in [2.24, 2.45) is 0 Å². The maximum Gasteiger partial charge on any atom is 0.119 e. The van der Waals surface area contributed by atoms with E-state index in [1.165, 1.54) is 0 Å². The molecule has 3 rings (SSSR count). The zero-order valence-corrected chi connectivity index (χ0v) is 15.3. The van der Waals surface area contributed by atoms with E-state index >= 15 is 0 Å². The summed E-state index contributed by atoms with van der Waals surface area (Å²) in [5.74, 6) is 0.889. The molecule has 0 atom stereocenters. The molecular weight excluding hydrogens is 355 g/mol. The molecule has 0 aliphatic carbocycles. The Balaban J connectivity index is 0.00000225. The van der Waals surface area contributed by atoms with Gasteiger partial charge in [0.1, 0.15) is 5.75 Å². The van der Waals surface area contributed by atoms with Crippen LogP contribution in [0.5, 0.6) is 5.75 Å². The molecule has 0 bridgehead atoms. The summed E-state index contributed by atoms with van der Waals surface area (Å²) in [4.78, 5) is 4.02. The molecule has 0 unspecified atom stereocenters. The predicted molar refractivity (Wildman–Crippen MR) is 106 cm³/mol. The van der Waals surface area contributed by atoms with E-state index in [-0.39, 0.29) is 12.4 Å². The maximum absolute atomic E-state index is 5.99. The molecule has 25 heavy (non-hydrogen) atoms. The number of rotatable bonds is 7. The highest BCUT2D eigenvalue weighted by atomic mass is 35.5. The Morgan fingerprint density at radius 3 is 2.56 bits per heavy atom. The van der Waals surface area contributed by atoms with Gasteiger partial charge in [0.25, 0.3) is 0 Å². The van der Waals surface area contributed by atoms with Gasteiger partial charge in [-0.15, -0.1) is 12.4 Å². The Bertz CT molecular complexity index is 784. The van der Waals surface area contributed by atoms with E-state index in [2.05, 4.69) is 11.1 Å². The fourth-order valence-corrected chi connectivity index (χ4v) is 2.53. The number of aryl methyl sites for hydroxylation is 1. The van der Waals surface area contributed by atoms with Crippen LogP contribution in [0.4, 0.5) is 0 Å². The Hall–Kier alpha value is -2.23. The van der Waals surface area contributed by atoms with Gasteiger partial charge < -0.3 is 9.30 Å². The fraction of sp³-hybridized carbons (Fsp3) is 0.150. The SMILES string of the molecule is Cl.Clc1cccc(/C=C/c2ccc(OCCCn3ccnc3)cc2)c1. The zero-order chi connectivity index (χ0) is 16.6. The molecule has 130 valence electrons. The number of nitrogens with zero attached hydrogens (tertiary/aromatic N) is 2. The lowest BCUT2D eigenvalue weighted by Crippen LogP contribution is -2.02. The first-order valence-electron chi connectivity index (χ1n) is 7.92. The van der Waals surface area contributed by atoms with E-state index in [0.717, 1.165) is 34.9 Å². The van der Waals surface area contributed by atoms with Gasteiger partial charge in [-0.2, -0.15) is 0 Å². The highest BCUT2D eigenvalue weighted by molar-refractivity contribution is 6.30. The molecule has 5 heteroatoms. The van der Waals surface area contributed by atoms with Gasteiger partial charge in [-0.1, -0.05) is 48.0 Å². The number of hydrogen-bond donors (Lipinski definition) is 0. The van der Waals surface area contributed by atoms with Crippen LogP contribution in [0.1, 0.15) is 17.5 Å². The van der Waals surface area contributed by atoms with Crippen molar-refractivity contribution in [3.63, 3.8) is 0 Å². The van der Waals surface area contributed by atoms with Crippen LogP contribution in [0.15, 0.2) is 67.3 Å². The molecule has 1 aromatic heterocycles. The molecule has 0 amide bonds. The van der Waals surface area contributed by atoms with Gasteiger partial charge in [-0.05, 0) is 41.8 Å². The second kappa shape index (κ2) is 9.92. The standard InChI is InChI=1S/C20H19ClN2O.ClH/c21-19-4-1-3-18(15-19)6-5-17-7-9-20(10-8-17)24-14-2-12-23-13-11-22-16-23;/h1,3-11,13,15-16H,2,12,14H2;1H/b6-5+;. The minimum absolute atomic E-state index is 0. The second-order valence-electron chi connectivity index (χ2n) is 5.46. The van der Waals surface area contributed by atoms with Gasteiger partial charge in [0.2, 0.25) is 0 Å². The van der Waals surface area contributed by atoms with Gasteiger partial charge in [-0.3, -0.25) is 0 Å². The van der Waals surface area contributed by atoms with E-state index in [1.54, 1.807) is 6.20 Å². The highest BCUT2D eigenvalue weighted by Gasteiger charge is 1.96. The Labute approximate surface area is 159 Å². The molecule has 2 aromatic carbocycles. The molecule has 0 N–H and O–H groups in total. The Morgan fingerprint density at radius 1 is 1.04 bits per heavy atom. The minimum Gasteiger partial charge on any atom is -0.494 e. The molecule has 0 spiro atoms. The van der Waals surface area contributed by atoms with Crippen molar-refractivity contribution in [1.29, 1.82) is 0 Å². The van der Waals surface area contributed by atoms with Crippen LogP contribution in [0.3, 0.4) is 0 Å². The molecular formula is C20H20Cl2N2O. The number of aromatic nitrogens is 2. The number of halogens is 2. The van der Waals surface area contributed by atoms with Crippen LogP contribution in [0.25, 0.3) is 12.2 Å². The molecule has 0 aliphatic heterocycles. The third-order valence-electron chi connectivity index (χ3n) is 3.59. The van der Waals surface area contributed by atoms with Crippen LogP contribution in [-0.4, -0.2) is 16.2 Å². The topological polar surface area (TPSA) is 27.1 Å². The lowest BCUT2D eigenvalue weighted by atomic mass is 10.1. The zero-order valence-electron chi connectivity index (χ0n) is 13.7. The summed E-state index contributed by atoms with van der Waals surface area (Å²) in [6.45, 7) is 1.61. The average molecular weight is 375 g/mol. The summed E-state index contributed by atoms with van der Waals surface area (Å²) in [5, 5.41) is 0.747. The summed E-state index contributed by atoms with van der Waals surface area (Å²) in [7, 11) is 0. The summed E-state index contributed by atoms with van der Waals surface area (Å²) in [5.41, 5.74) is 2.21.